The van der Waals surface area contributed by atoms with Gasteiger partial charge < -0.3 is 4.74 Å². The standard InChI is InChI=1S/C10H8BrClN2O2/c1-5(15)16-10-6-4-14(2)13-8(6)3-7(12)9(10)11/h3-4H,1-2H3. The zero-order chi connectivity index (χ0) is 11.9. The van der Waals surface area contributed by atoms with E-state index in [2.05, 4.69) is 21.0 Å². The molecule has 0 radical (unpaired) electrons. The van der Waals surface area contributed by atoms with Gasteiger partial charge in [-0.2, -0.15) is 5.10 Å². The zero-order valence-corrected chi connectivity index (χ0v) is 11.0. The maximum atomic E-state index is 11.0. The van der Waals surface area contributed by atoms with Crippen molar-refractivity contribution >= 4 is 44.4 Å². The summed E-state index contributed by atoms with van der Waals surface area (Å²) in [6, 6.07) is 1.72. The summed E-state index contributed by atoms with van der Waals surface area (Å²) in [7, 11) is 1.79. The van der Waals surface area contributed by atoms with Crippen LogP contribution in [0.2, 0.25) is 5.02 Å². The maximum Gasteiger partial charge on any atom is 0.308 e. The Labute approximate surface area is 105 Å². The first-order chi connectivity index (χ1) is 7.49. The second-order valence-electron chi connectivity index (χ2n) is 3.33. The number of carbonyl (C=O) groups is 1. The van der Waals surface area contributed by atoms with Crippen LogP contribution in [0.25, 0.3) is 10.9 Å². The minimum absolute atomic E-state index is 0.395. The Morgan fingerprint density at radius 1 is 1.62 bits per heavy atom. The number of aromatic nitrogens is 2. The van der Waals surface area contributed by atoms with Crippen molar-refractivity contribution in [2.75, 3.05) is 0 Å². The van der Waals surface area contributed by atoms with Gasteiger partial charge in [0.05, 0.1) is 20.4 Å². The largest absolute Gasteiger partial charge is 0.425 e. The highest BCUT2D eigenvalue weighted by Gasteiger charge is 2.15. The molecule has 0 saturated carbocycles. The number of esters is 1. The average molecular weight is 304 g/mol. The molecule has 0 saturated heterocycles. The zero-order valence-electron chi connectivity index (χ0n) is 8.62. The minimum atomic E-state index is -0.395. The van der Waals surface area contributed by atoms with Crippen molar-refractivity contribution in [3.63, 3.8) is 0 Å². The molecule has 16 heavy (non-hydrogen) atoms. The van der Waals surface area contributed by atoms with E-state index < -0.39 is 5.97 Å². The molecule has 2 rings (SSSR count). The first-order valence-electron chi connectivity index (χ1n) is 4.49. The van der Waals surface area contributed by atoms with E-state index >= 15 is 0 Å². The van der Waals surface area contributed by atoms with E-state index in [4.69, 9.17) is 16.3 Å². The van der Waals surface area contributed by atoms with Gasteiger partial charge in [0, 0.05) is 20.2 Å². The van der Waals surface area contributed by atoms with E-state index in [1.165, 1.54) is 6.92 Å². The van der Waals surface area contributed by atoms with E-state index in [-0.39, 0.29) is 0 Å². The molecule has 6 heteroatoms. The van der Waals surface area contributed by atoms with Gasteiger partial charge in [-0.25, -0.2) is 0 Å². The molecular formula is C10H8BrClN2O2. The highest BCUT2D eigenvalue weighted by atomic mass is 79.9. The van der Waals surface area contributed by atoms with E-state index in [0.29, 0.717) is 20.8 Å². The molecule has 0 amide bonds. The fourth-order valence-electron chi connectivity index (χ4n) is 1.44. The predicted molar refractivity (Wildman–Crippen MR) is 64.7 cm³/mol. The summed E-state index contributed by atoms with van der Waals surface area (Å²) in [6.07, 6.45) is 1.77. The molecule has 4 nitrogen and oxygen atoms in total. The smallest absolute Gasteiger partial charge is 0.308 e. The van der Waals surface area contributed by atoms with Crippen LogP contribution in [-0.2, 0) is 11.8 Å². The predicted octanol–water partition coefficient (Wildman–Crippen LogP) is 2.91. The third-order valence-electron chi connectivity index (χ3n) is 2.02. The van der Waals surface area contributed by atoms with Gasteiger partial charge in [-0.1, -0.05) is 11.6 Å². The van der Waals surface area contributed by atoms with Gasteiger partial charge in [-0.15, -0.1) is 0 Å². The van der Waals surface area contributed by atoms with E-state index in [1.54, 1.807) is 24.0 Å². The number of fused-ring (bicyclic) bond motifs is 1. The maximum absolute atomic E-state index is 11.0. The molecule has 0 unspecified atom stereocenters. The van der Waals surface area contributed by atoms with Crippen molar-refractivity contribution in [2.45, 2.75) is 6.92 Å². The number of rotatable bonds is 1. The fourth-order valence-corrected chi connectivity index (χ4v) is 2.04. The lowest BCUT2D eigenvalue weighted by Crippen LogP contribution is -2.02. The number of nitrogens with zero attached hydrogens (tertiary/aromatic N) is 2. The molecule has 1 heterocycles. The highest BCUT2D eigenvalue weighted by molar-refractivity contribution is 9.10. The number of halogens is 2. The lowest BCUT2D eigenvalue weighted by atomic mass is 10.2. The molecule has 1 aromatic carbocycles. The molecule has 0 fully saturated rings. The molecule has 0 atom stereocenters. The first-order valence-corrected chi connectivity index (χ1v) is 5.66. The van der Waals surface area contributed by atoms with E-state index in [1.807, 2.05) is 0 Å². The summed E-state index contributed by atoms with van der Waals surface area (Å²) in [5.74, 6) is 0.0104. The number of aryl methyl sites for hydroxylation is 1. The lowest BCUT2D eigenvalue weighted by molar-refractivity contribution is -0.131. The van der Waals surface area contributed by atoms with Crippen LogP contribution in [0, 0.1) is 0 Å². The van der Waals surface area contributed by atoms with Crippen molar-refractivity contribution in [3.8, 4) is 5.75 Å². The second kappa shape index (κ2) is 4.07. The normalized spacial score (nSPS) is 10.8. The van der Waals surface area contributed by atoms with Gasteiger partial charge in [0.1, 0.15) is 0 Å². The van der Waals surface area contributed by atoms with Crippen molar-refractivity contribution in [1.82, 2.24) is 9.78 Å². The monoisotopic (exact) mass is 302 g/mol. The molecular weight excluding hydrogens is 295 g/mol. The Morgan fingerprint density at radius 2 is 2.31 bits per heavy atom. The summed E-state index contributed by atoms with van der Waals surface area (Å²) in [4.78, 5) is 11.0. The summed E-state index contributed by atoms with van der Waals surface area (Å²) in [5.41, 5.74) is 0.687. The van der Waals surface area contributed by atoms with Crippen LogP contribution in [0.1, 0.15) is 6.92 Å². The molecule has 2 aromatic rings. The van der Waals surface area contributed by atoms with Crippen molar-refractivity contribution in [2.24, 2.45) is 7.05 Å². The summed E-state index contributed by atoms with van der Waals surface area (Å²) < 4.78 is 7.33. The highest BCUT2D eigenvalue weighted by Crippen LogP contribution is 2.38. The van der Waals surface area contributed by atoms with Gasteiger partial charge in [0.2, 0.25) is 0 Å². The Morgan fingerprint density at radius 3 is 2.94 bits per heavy atom. The quantitative estimate of drug-likeness (QED) is 0.601. The van der Waals surface area contributed by atoms with Crippen molar-refractivity contribution < 1.29 is 9.53 Å². The third-order valence-corrected chi connectivity index (χ3v) is 3.33. The molecule has 0 aliphatic rings. The Bertz CT molecular complexity index is 580. The molecule has 1 aromatic heterocycles. The van der Waals surface area contributed by atoms with E-state index in [9.17, 15) is 4.79 Å². The molecule has 0 aliphatic heterocycles. The van der Waals surface area contributed by atoms with Gasteiger partial charge >= 0.3 is 5.97 Å². The number of benzene rings is 1. The topological polar surface area (TPSA) is 44.1 Å². The van der Waals surface area contributed by atoms with Gasteiger partial charge in [0.15, 0.2) is 5.75 Å². The minimum Gasteiger partial charge on any atom is -0.425 e. The molecule has 0 spiro atoms. The van der Waals surface area contributed by atoms with Crippen LogP contribution in [0.15, 0.2) is 16.7 Å². The Hall–Kier alpha value is -1.07. The van der Waals surface area contributed by atoms with Crippen LogP contribution in [0.4, 0.5) is 0 Å². The van der Waals surface area contributed by atoms with E-state index in [0.717, 1.165) is 5.39 Å². The van der Waals surface area contributed by atoms with Gasteiger partial charge in [0.25, 0.3) is 0 Å². The van der Waals surface area contributed by atoms with Crippen LogP contribution >= 0.6 is 27.5 Å². The molecule has 0 N–H and O–H groups in total. The average Bonchev–Trinajstić information content (AvgIpc) is 2.53. The number of hydrogen-bond acceptors (Lipinski definition) is 3. The number of carbonyl (C=O) groups excluding carboxylic acids is 1. The third kappa shape index (κ3) is 1.92. The molecule has 0 aliphatic carbocycles. The first kappa shape index (κ1) is 11.4. The van der Waals surface area contributed by atoms with Gasteiger partial charge in [-0.05, 0) is 22.0 Å². The molecule has 0 bridgehead atoms. The van der Waals surface area contributed by atoms with Crippen LogP contribution < -0.4 is 4.74 Å². The second-order valence-corrected chi connectivity index (χ2v) is 4.53. The van der Waals surface area contributed by atoms with Crippen molar-refractivity contribution in [3.05, 3.63) is 21.8 Å². The number of hydrogen-bond donors (Lipinski definition) is 0. The number of ether oxygens (including phenoxy) is 1. The lowest BCUT2D eigenvalue weighted by Gasteiger charge is -2.06. The van der Waals surface area contributed by atoms with Gasteiger partial charge in [-0.3, -0.25) is 9.48 Å². The Kier molecular flexibility index (Phi) is 2.90. The SMILES string of the molecule is CC(=O)Oc1c(Br)c(Cl)cc2nn(C)cc12. The van der Waals surface area contributed by atoms with Crippen molar-refractivity contribution in [1.29, 1.82) is 0 Å². The van der Waals surface area contributed by atoms with Crippen LogP contribution in [0.3, 0.4) is 0 Å². The Balaban J connectivity index is 2.75. The van der Waals surface area contributed by atoms with Crippen LogP contribution in [0.5, 0.6) is 5.75 Å². The molecule has 84 valence electrons. The van der Waals surface area contributed by atoms with Crippen LogP contribution in [-0.4, -0.2) is 15.7 Å². The summed E-state index contributed by atoms with van der Waals surface area (Å²) in [6.45, 7) is 1.34. The summed E-state index contributed by atoms with van der Waals surface area (Å²) >= 11 is 9.29. The fraction of sp³-hybridized carbons (Fsp3) is 0.200. The summed E-state index contributed by atoms with van der Waals surface area (Å²) in [5, 5.41) is 5.41.